The average Bonchev–Trinajstić information content (AvgIpc) is 2.46. The van der Waals surface area contributed by atoms with Gasteiger partial charge in [-0.15, -0.1) is 0 Å². The van der Waals surface area contributed by atoms with Gasteiger partial charge in [0.25, 0.3) is 0 Å². The van der Waals surface area contributed by atoms with E-state index in [1.807, 2.05) is 0 Å². The molecule has 2 aliphatic rings. The Hall–Kier alpha value is -0.0400. The average molecular weight is 126 g/mol. The lowest BCUT2D eigenvalue weighted by molar-refractivity contribution is 0.354. The van der Waals surface area contributed by atoms with E-state index in [1.165, 1.54) is 32.1 Å². The van der Waals surface area contributed by atoms with Crippen LogP contribution in [0.2, 0.25) is 0 Å². The highest BCUT2D eigenvalue weighted by Crippen LogP contribution is 2.32. The van der Waals surface area contributed by atoms with E-state index in [-0.39, 0.29) is 0 Å². The van der Waals surface area contributed by atoms with Crippen LogP contribution in [0, 0.1) is 5.92 Å². The van der Waals surface area contributed by atoms with Gasteiger partial charge in [-0.05, 0) is 12.3 Å². The first-order valence-electron chi connectivity index (χ1n) is 4.07. The first-order chi connectivity index (χ1) is 4.45. The van der Waals surface area contributed by atoms with Crippen molar-refractivity contribution in [1.82, 2.24) is 0 Å². The molecule has 1 heterocycles. The van der Waals surface area contributed by atoms with Gasteiger partial charge in [0.2, 0.25) is 0 Å². The van der Waals surface area contributed by atoms with E-state index in [0.717, 1.165) is 12.5 Å². The summed E-state index contributed by atoms with van der Waals surface area (Å²) in [6, 6.07) is 0. The third-order valence-corrected chi connectivity index (χ3v) is 2.47. The van der Waals surface area contributed by atoms with Crippen LogP contribution in [0.1, 0.15) is 32.1 Å². The molecule has 1 heteroatoms. The smallest absolute Gasteiger partial charge is 0.0812 e. The number of ether oxygens (including phenoxy) is 1. The van der Waals surface area contributed by atoms with Crippen molar-refractivity contribution in [3.63, 3.8) is 0 Å². The largest absolute Gasteiger partial charge is 0.373 e. The Morgan fingerprint density at radius 1 is 1.22 bits per heavy atom. The van der Waals surface area contributed by atoms with Gasteiger partial charge in [0.05, 0.1) is 12.7 Å². The molecule has 1 saturated carbocycles. The molecule has 0 spiro atoms. The van der Waals surface area contributed by atoms with Crippen LogP contribution in [0.3, 0.4) is 0 Å². The molecule has 1 saturated heterocycles. The maximum Gasteiger partial charge on any atom is 0.0812 e. The molecular weight excluding hydrogens is 112 g/mol. The Balaban J connectivity index is 1.70. The minimum absolute atomic E-state index is 0.674. The third kappa shape index (κ3) is 1.45. The highest BCUT2D eigenvalue weighted by atomic mass is 16.6. The molecule has 1 aliphatic carbocycles. The fraction of sp³-hybridized carbons (Fsp3) is 1.00. The molecule has 52 valence electrons. The van der Waals surface area contributed by atoms with Gasteiger partial charge in [-0.25, -0.2) is 0 Å². The quantitative estimate of drug-likeness (QED) is 0.515. The fourth-order valence-corrected chi connectivity index (χ4v) is 1.82. The zero-order chi connectivity index (χ0) is 6.10. The normalized spacial score (nSPS) is 35.3. The summed E-state index contributed by atoms with van der Waals surface area (Å²) >= 11 is 0. The Morgan fingerprint density at radius 3 is 2.44 bits per heavy atom. The minimum Gasteiger partial charge on any atom is -0.373 e. The summed E-state index contributed by atoms with van der Waals surface area (Å²) in [7, 11) is 0. The van der Waals surface area contributed by atoms with Crippen molar-refractivity contribution in [2.24, 2.45) is 5.92 Å². The van der Waals surface area contributed by atoms with E-state index in [9.17, 15) is 0 Å². The van der Waals surface area contributed by atoms with E-state index < -0.39 is 0 Å². The standard InChI is InChI=1S/C8H14O/c1-2-4-7(3-1)5-8-6-9-8/h7-8H,1-6H2/t8-/m1/s1. The zero-order valence-electron chi connectivity index (χ0n) is 5.81. The van der Waals surface area contributed by atoms with Crippen LogP contribution in [-0.2, 0) is 4.74 Å². The molecule has 2 rings (SSSR count). The summed E-state index contributed by atoms with van der Waals surface area (Å²) in [5.41, 5.74) is 0. The second kappa shape index (κ2) is 2.30. The molecule has 1 atom stereocenters. The van der Waals surface area contributed by atoms with Crippen LogP contribution in [-0.4, -0.2) is 12.7 Å². The molecule has 9 heavy (non-hydrogen) atoms. The number of hydrogen-bond donors (Lipinski definition) is 0. The molecular formula is C8H14O. The Kier molecular flexibility index (Phi) is 1.46. The molecule has 0 aromatic carbocycles. The van der Waals surface area contributed by atoms with Crippen molar-refractivity contribution in [3.05, 3.63) is 0 Å². The summed E-state index contributed by atoms with van der Waals surface area (Å²) < 4.78 is 5.17. The topological polar surface area (TPSA) is 12.5 Å². The molecule has 0 aromatic heterocycles. The van der Waals surface area contributed by atoms with E-state index >= 15 is 0 Å². The first kappa shape index (κ1) is 5.72. The van der Waals surface area contributed by atoms with Gasteiger partial charge in [-0.3, -0.25) is 0 Å². The van der Waals surface area contributed by atoms with Crippen LogP contribution in [0.25, 0.3) is 0 Å². The van der Waals surface area contributed by atoms with Crippen molar-refractivity contribution in [1.29, 1.82) is 0 Å². The van der Waals surface area contributed by atoms with Crippen LogP contribution >= 0.6 is 0 Å². The lowest BCUT2D eigenvalue weighted by atomic mass is 10.0. The maximum absolute atomic E-state index is 5.17. The van der Waals surface area contributed by atoms with E-state index in [4.69, 9.17) is 4.74 Å². The molecule has 1 nitrogen and oxygen atoms in total. The van der Waals surface area contributed by atoms with E-state index in [1.54, 1.807) is 0 Å². The van der Waals surface area contributed by atoms with Crippen LogP contribution < -0.4 is 0 Å². The van der Waals surface area contributed by atoms with Gasteiger partial charge in [0.15, 0.2) is 0 Å². The van der Waals surface area contributed by atoms with E-state index in [0.29, 0.717) is 6.10 Å². The van der Waals surface area contributed by atoms with Crippen LogP contribution in [0.15, 0.2) is 0 Å². The van der Waals surface area contributed by atoms with Gasteiger partial charge in [-0.2, -0.15) is 0 Å². The lowest BCUT2D eigenvalue weighted by Crippen LogP contribution is -1.97. The summed E-state index contributed by atoms with van der Waals surface area (Å²) in [5.74, 6) is 1.03. The monoisotopic (exact) mass is 126 g/mol. The minimum atomic E-state index is 0.674. The van der Waals surface area contributed by atoms with Gasteiger partial charge in [-0.1, -0.05) is 25.7 Å². The van der Waals surface area contributed by atoms with Crippen molar-refractivity contribution in [3.8, 4) is 0 Å². The SMILES string of the molecule is C1CCC(C[C@@H]2CO2)C1. The summed E-state index contributed by atoms with van der Waals surface area (Å²) in [4.78, 5) is 0. The third-order valence-electron chi connectivity index (χ3n) is 2.47. The van der Waals surface area contributed by atoms with Gasteiger partial charge < -0.3 is 4.74 Å². The lowest BCUT2D eigenvalue weighted by Gasteiger charge is -2.03. The van der Waals surface area contributed by atoms with Crippen molar-refractivity contribution in [2.45, 2.75) is 38.2 Å². The van der Waals surface area contributed by atoms with Crippen molar-refractivity contribution >= 4 is 0 Å². The Morgan fingerprint density at radius 2 is 1.89 bits per heavy atom. The molecule has 0 bridgehead atoms. The molecule has 0 aromatic rings. The van der Waals surface area contributed by atoms with Crippen molar-refractivity contribution < 1.29 is 4.74 Å². The second-order valence-electron chi connectivity index (χ2n) is 3.34. The summed E-state index contributed by atoms with van der Waals surface area (Å²) in [6.45, 7) is 1.05. The molecule has 0 amide bonds. The van der Waals surface area contributed by atoms with Gasteiger partial charge >= 0.3 is 0 Å². The van der Waals surface area contributed by atoms with Crippen molar-refractivity contribution in [2.75, 3.05) is 6.61 Å². The molecule has 0 N–H and O–H groups in total. The molecule has 0 radical (unpaired) electrons. The molecule has 0 unspecified atom stereocenters. The number of hydrogen-bond acceptors (Lipinski definition) is 1. The highest BCUT2D eigenvalue weighted by Gasteiger charge is 2.27. The Labute approximate surface area is 56.4 Å². The number of epoxide rings is 1. The second-order valence-corrected chi connectivity index (χ2v) is 3.34. The molecule has 2 fully saturated rings. The summed E-state index contributed by atoms with van der Waals surface area (Å²) in [6.07, 6.45) is 7.92. The predicted molar refractivity (Wildman–Crippen MR) is 36.3 cm³/mol. The molecule has 1 aliphatic heterocycles. The fourth-order valence-electron chi connectivity index (χ4n) is 1.82. The van der Waals surface area contributed by atoms with Gasteiger partial charge in [0, 0.05) is 0 Å². The zero-order valence-corrected chi connectivity index (χ0v) is 5.81. The van der Waals surface area contributed by atoms with Crippen LogP contribution in [0.5, 0.6) is 0 Å². The van der Waals surface area contributed by atoms with Gasteiger partial charge in [0.1, 0.15) is 0 Å². The Bertz CT molecular complexity index is 90.7. The maximum atomic E-state index is 5.17. The van der Waals surface area contributed by atoms with E-state index in [2.05, 4.69) is 0 Å². The van der Waals surface area contributed by atoms with Crippen LogP contribution in [0.4, 0.5) is 0 Å². The summed E-state index contributed by atoms with van der Waals surface area (Å²) in [5, 5.41) is 0. The highest BCUT2D eigenvalue weighted by molar-refractivity contribution is 4.77. The predicted octanol–water partition coefficient (Wildman–Crippen LogP) is 1.97. The number of rotatable bonds is 2. The first-order valence-corrected chi connectivity index (χ1v) is 4.07.